The summed E-state index contributed by atoms with van der Waals surface area (Å²) in [4.78, 5) is 4.24. The monoisotopic (exact) mass is 398 g/mol. The molecule has 0 bridgehead atoms. The van der Waals surface area contributed by atoms with Crippen molar-refractivity contribution in [1.29, 1.82) is 0 Å². The predicted molar refractivity (Wildman–Crippen MR) is 91.1 cm³/mol. The lowest BCUT2D eigenvalue weighted by Gasteiger charge is -2.04. The number of nitrogens with two attached hydrogens (primary N) is 1. The van der Waals surface area contributed by atoms with Gasteiger partial charge in [-0.2, -0.15) is 0 Å². The van der Waals surface area contributed by atoms with Gasteiger partial charge in [-0.3, -0.25) is 0 Å². The van der Waals surface area contributed by atoms with Crippen LogP contribution >= 0.6 is 39.3 Å². The molecule has 2 aromatic heterocycles. The Kier molecular flexibility index (Phi) is 4.42. The molecule has 0 aliphatic carbocycles. The van der Waals surface area contributed by atoms with E-state index in [1.54, 1.807) is 6.20 Å². The van der Waals surface area contributed by atoms with Crippen LogP contribution in [0, 0.1) is 0 Å². The van der Waals surface area contributed by atoms with Crippen molar-refractivity contribution >= 4 is 39.3 Å². The lowest BCUT2D eigenvalue weighted by atomic mass is 10.2. The van der Waals surface area contributed by atoms with E-state index >= 15 is 0 Å². The Hall–Kier alpha value is -1.51. The van der Waals surface area contributed by atoms with Crippen LogP contribution in [-0.2, 0) is 12.8 Å². The van der Waals surface area contributed by atoms with Gasteiger partial charge in [0.05, 0.1) is 11.9 Å². The highest BCUT2D eigenvalue weighted by atomic mass is 79.9. The lowest BCUT2D eigenvalue weighted by molar-refractivity contribution is 0.831. The van der Waals surface area contributed by atoms with Crippen molar-refractivity contribution in [2.75, 3.05) is 5.84 Å². The molecule has 0 fully saturated rings. The molecule has 0 radical (unpaired) electrons. The molecule has 3 aromatic rings. The zero-order valence-corrected chi connectivity index (χ0v) is 14.7. The molecule has 2 N–H and O–H groups in total. The summed E-state index contributed by atoms with van der Waals surface area (Å²) in [5.74, 6) is 8.17. The van der Waals surface area contributed by atoms with E-state index in [0.717, 1.165) is 15.9 Å². The van der Waals surface area contributed by atoms with Crippen LogP contribution in [-0.4, -0.2) is 24.4 Å². The van der Waals surface area contributed by atoms with Crippen molar-refractivity contribution in [3.63, 3.8) is 0 Å². The highest BCUT2D eigenvalue weighted by Crippen LogP contribution is 2.26. The second-order valence-electron chi connectivity index (χ2n) is 4.53. The van der Waals surface area contributed by atoms with E-state index in [4.69, 9.17) is 17.4 Å². The van der Waals surface area contributed by atoms with E-state index < -0.39 is 0 Å². The fourth-order valence-corrected chi connectivity index (χ4v) is 3.28. The Morgan fingerprint density at radius 3 is 2.86 bits per heavy atom. The normalized spacial score (nSPS) is 11.0. The standard InChI is InChI=1S/C13H12BrClN6S/c1-20-10(15)6-17-11(20)7-22-13-19-18-12(21(13)16)8-3-2-4-9(14)5-8/h2-6H,7,16H2,1H3. The highest BCUT2D eigenvalue weighted by Gasteiger charge is 2.14. The molecule has 6 nitrogen and oxygen atoms in total. The van der Waals surface area contributed by atoms with Crippen LogP contribution in [0.2, 0.25) is 5.15 Å². The number of rotatable bonds is 4. The molecular weight excluding hydrogens is 388 g/mol. The van der Waals surface area contributed by atoms with Crippen molar-refractivity contribution in [1.82, 2.24) is 24.4 Å². The molecule has 2 heterocycles. The fraction of sp³-hybridized carbons (Fsp3) is 0.154. The minimum atomic E-state index is 0.597. The summed E-state index contributed by atoms with van der Waals surface area (Å²) in [7, 11) is 1.87. The van der Waals surface area contributed by atoms with Crippen LogP contribution in [0.4, 0.5) is 0 Å². The summed E-state index contributed by atoms with van der Waals surface area (Å²) in [6, 6.07) is 7.75. The number of nitrogen functional groups attached to an aromatic ring is 1. The van der Waals surface area contributed by atoms with Crippen molar-refractivity contribution in [2.24, 2.45) is 7.05 Å². The topological polar surface area (TPSA) is 74.5 Å². The molecule has 0 aliphatic rings. The number of nitrogens with zero attached hydrogens (tertiary/aromatic N) is 5. The van der Waals surface area contributed by atoms with Crippen LogP contribution < -0.4 is 5.84 Å². The van der Waals surface area contributed by atoms with Crippen LogP contribution in [0.3, 0.4) is 0 Å². The van der Waals surface area contributed by atoms with Gasteiger partial charge >= 0.3 is 0 Å². The van der Waals surface area contributed by atoms with Gasteiger partial charge in [0.15, 0.2) is 5.82 Å². The molecule has 114 valence electrons. The highest BCUT2D eigenvalue weighted by molar-refractivity contribution is 9.10. The van der Waals surface area contributed by atoms with E-state index in [-0.39, 0.29) is 0 Å². The number of aromatic nitrogens is 5. The molecule has 9 heteroatoms. The van der Waals surface area contributed by atoms with Crippen LogP contribution in [0.15, 0.2) is 40.1 Å². The molecule has 0 spiro atoms. The Balaban J connectivity index is 1.80. The Morgan fingerprint density at radius 1 is 1.36 bits per heavy atom. The maximum atomic E-state index is 6.10. The fourth-order valence-electron chi connectivity index (χ4n) is 1.89. The number of imidazole rings is 1. The van der Waals surface area contributed by atoms with Gasteiger partial charge in [-0.15, -0.1) is 10.2 Å². The number of hydrogen-bond acceptors (Lipinski definition) is 5. The van der Waals surface area contributed by atoms with Gasteiger partial charge in [-0.05, 0) is 12.1 Å². The van der Waals surface area contributed by atoms with Crippen molar-refractivity contribution < 1.29 is 0 Å². The minimum absolute atomic E-state index is 0.597. The average Bonchev–Trinajstić information content (AvgIpc) is 3.02. The maximum absolute atomic E-state index is 6.10. The molecule has 0 saturated heterocycles. The van der Waals surface area contributed by atoms with Gasteiger partial charge in [-0.25, -0.2) is 9.66 Å². The molecule has 0 unspecified atom stereocenters. The smallest absolute Gasteiger partial charge is 0.210 e. The lowest BCUT2D eigenvalue weighted by Crippen LogP contribution is -2.11. The summed E-state index contributed by atoms with van der Waals surface area (Å²) < 4.78 is 4.27. The second-order valence-corrected chi connectivity index (χ2v) is 6.78. The first-order valence-electron chi connectivity index (χ1n) is 6.31. The van der Waals surface area contributed by atoms with Gasteiger partial charge in [0, 0.05) is 17.1 Å². The third kappa shape index (κ3) is 2.99. The molecule has 22 heavy (non-hydrogen) atoms. The van der Waals surface area contributed by atoms with Crippen molar-refractivity contribution in [3.05, 3.63) is 45.9 Å². The average molecular weight is 400 g/mol. The predicted octanol–water partition coefficient (Wildman–Crippen LogP) is 3.10. The summed E-state index contributed by atoms with van der Waals surface area (Å²) in [6.07, 6.45) is 1.62. The van der Waals surface area contributed by atoms with E-state index in [0.29, 0.717) is 21.9 Å². The van der Waals surface area contributed by atoms with Gasteiger partial charge in [0.2, 0.25) is 5.16 Å². The van der Waals surface area contributed by atoms with Gasteiger partial charge in [-0.1, -0.05) is 51.4 Å². The van der Waals surface area contributed by atoms with Crippen molar-refractivity contribution in [3.8, 4) is 11.4 Å². The van der Waals surface area contributed by atoms with Crippen LogP contribution in [0.5, 0.6) is 0 Å². The number of benzene rings is 1. The number of hydrogen-bond donors (Lipinski definition) is 1. The van der Waals surface area contributed by atoms with Gasteiger partial charge < -0.3 is 10.4 Å². The van der Waals surface area contributed by atoms with Gasteiger partial charge in [0.25, 0.3) is 0 Å². The third-order valence-corrected chi connectivity index (χ3v) is 4.89. The molecule has 0 aliphatic heterocycles. The molecule has 0 amide bonds. The second kappa shape index (κ2) is 6.31. The zero-order valence-electron chi connectivity index (χ0n) is 11.6. The van der Waals surface area contributed by atoms with Crippen LogP contribution in [0.1, 0.15) is 5.82 Å². The summed E-state index contributed by atoms with van der Waals surface area (Å²) >= 11 is 10.9. The third-order valence-electron chi connectivity index (χ3n) is 3.11. The number of halogens is 2. The minimum Gasteiger partial charge on any atom is -0.335 e. The largest absolute Gasteiger partial charge is 0.335 e. The summed E-state index contributed by atoms with van der Waals surface area (Å²) in [5, 5.41) is 9.52. The summed E-state index contributed by atoms with van der Waals surface area (Å²) in [5.41, 5.74) is 0.899. The Labute approximate surface area is 144 Å². The number of thioether (sulfide) groups is 1. The molecule has 3 rings (SSSR count). The molecule has 0 saturated carbocycles. The Morgan fingerprint density at radius 2 is 2.18 bits per heavy atom. The van der Waals surface area contributed by atoms with Crippen molar-refractivity contribution in [2.45, 2.75) is 10.9 Å². The maximum Gasteiger partial charge on any atom is 0.210 e. The quantitative estimate of drug-likeness (QED) is 0.539. The van der Waals surface area contributed by atoms with E-state index in [1.807, 2.05) is 35.9 Å². The van der Waals surface area contributed by atoms with E-state index in [1.165, 1.54) is 16.4 Å². The molecule has 1 aromatic carbocycles. The molecular formula is C13H12BrClN6S. The first-order valence-corrected chi connectivity index (χ1v) is 8.47. The first-order chi connectivity index (χ1) is 10.6. The van der Waals surface area contributed by atoms with E-state index in [9.17, 15) is 0 Å². The van der Waals surface area contributed by atoms with Crippen LogP contribution in [0.25, 0.3) is 11.4 Å². The molecule has 0 atom stereocenters. The Bertz CT molecular complexity index is 815. The van der Waals surface area contributed by atoms with Gasteiger partial charge in [0.1, 0.15) is 11.0 Å². The SMILES string of the molecule is Cn1c(Cl)cnc1CSc1nnc(-c2cccc(Br)c2)n1N. The zero-order chi connectivity index (χ0) is 15.7. The van der Waals surface area contributed by atoms with E-state index in [2.05, 4.69) is 31.1 Å². The first kappa shape index (κ1) is 15.4. The summed E-state index contributed by atoms with van der Waals surface area (Å²) in [6.45, 7) is 0.